The average molecular weight is 352 g/mol. The van der Waals surface area contributed by atoms with Crippen LogP contribution in [0, 0.1) is 0 Å². The van der Waals surface area contributed by atoms with Gasteiger partial charge in [-0.05, 0) is 48.2 Å². The minimum absolute atomic E-state index is 0.143. The van der Waals surface area contributed by atoms with Crippen molar-refractivity contribution in [3.05, 3.63) is 47.5 Å². The Morgan fingerprint density at radius 3 is 1.76 bits per heavy atom. The van der Waals surface area contributed by atoms with Gasteiger partial charge < -0.3 is 18.9 Å². The maximum Gasteiger partial charge on any atom is 0.394 e. The third-order valence-electron chi connectivity index (χ3n) is 3.65. The molecule has 6 heteroatoms. The number of alkyl halides is 2. The lowest BCUT2D eigenvalue weighted by atomic mass is 10.0. The van der Waals surface area contributed by atoms with Gasteiger partial charge in [-0.3, -0.25) is 0 Å². The van der Waals surface area contributed by atoms with E-state index in [2.05, 4.69) is 4.74 Å². The molecule has 0 saturated carbocycles. The van der Waals surface area contributed by atoms with Crippen molar-refractivity contribution in [1.82, 2.24) is 0 Å². The van der Waals surface area contributed by atoms with Crippen molar-refractivity contribution in [2.24, 2.45) is 0 Å². The minimum Gasteiger partial charge on any atom is -0.493 e. The zero-order valence-electron chi connectivity index (χ0n) is 14.8. The molecule has 4 nitrogen and oxygen atoms in total. The zero-order chi connectivity index (χ0) is 18.4. The molecule has 0 N–H and O–H groups in total. The maximum absolute atomic E-state index is 12.8. The van der Waals surface area contributed by atoms with Gasteiger partial charge in [0.25, 0.3) is 0 Å². The van der Waals surface area contributed by atoms with E-state index in [1.54, 1.807) is 45.6 Å². The van der Waals surface area contributed by atoms with Crippen LogP contribution in [-0.4, -0.2) is 27.4 Å². The van der Waals surface area contributed by atoms with E-state index in [1.807, 2.05) is 12.1 Å². The molecule has 0 fully saturated rings. The normalized spacial score (nSPS) is 11.1. The van der Waals surface area contributed by atoms with Gasteiger partial charge in [0.1, 0.15) is 5.75 Å². The van der Waals surface area contributed by atoms with Crippen LogP contribution in [0.4, 0.5) is 8.78 Å². The van der Waals surface area contributed by atoms with Crippen molar-refractivity contribution in [2.45, 2.75) is 25.9 Å². The smallest absolute Gasteiger partial charge is 0.394 e. The number of hydrogen-bond donors (Lipinski definition) is 0. The molecule has 0 heterocycles. The Labute approximate surface area is 146 Å². The molecule has 0 aliphatic carbocycles. The van der Waals surface area contributed by atoms with Crippen LogP contribution in [0.15, 0.2) is 36.4 Å². The lowest BCUT2D eigenvalue weighted by Gasteiger charge is -2.14. The molecule has 0 saturated heterocycles. The third kappa shape index (κ3) is 5.24. The maximum atomic E-state index is 12.8. The highest BCUT2D eigenvalue weighted by Gasteiger charge is 2.22. The van der Waals surface area contributed by atoms with Gasteiger partial charge in [0.15, 0.2) is 11.5 Å². The van der Waals surface area contributed by atoms with E-state index in [1.165, 1.54) is 0 Å². The molecule has 0 radical (unpaired) electrons. The fraction of sp³-hybridized carbons (Fsp3) is 0.368. The summed E-state index contributed by atoms with van der Waals surface area (Å²) in [7, 11) is 4.70. The molecule has 2 aromatic carbocycles. The Bertz CT molecular complexity index is 669. The van der Waals surface area contributed by atoms with Crippen LogP contribution in [-0.2, 0) is 12.8 Å². The zero-order valence-corrected chi connectivity index (χ0v) is 14.8. The number of aryl methyl sites for hydroxylation is 2. The molecule has 25 heavy (non-hydrogen) atoms. The average Bonchev–Trinajstić information content (AvgIpc) is 2.58. The van der Waals surface area contributed by atoms with Gasteiger partial charge in [-0.1, -0.05) is 12.1 Å². The van der Waals surface area contributed by atoms with Gasteiger partial charge in [-0.2, -0.15) is 8.78 Å². The first-order chi connectivity index (χ1) is 11.9. The molecular formula is C19H22F2O4. The van der Waals surface area contributed by atoms with Crippen LogP contribution in [0.1, 0.15) is 18.1 Å². The molecule has 0 aliphatic heterocycles. The van der Waals surface area contributed by atoms with E-state index < -0.39 is 6.11 Å². The quantitative estimate of drug-likeness (QED) is 0.701. The SMILES string of the molecule is COc1cc(CCc2ccc(OC(C)(F)F)cc2)cc(OC)c1OC. The summed E-state index contributed by atoms with van der Waals surface area (Å²) in [6.45, 7) is 0.714. The molecule has 0 unspecified atom stereocenters. The lowest BCUT2D eigenvalue weighted by molar-refractivity contribution is -0.158. The van der Waals surface area contributed by atoms with Crippen LogP contribution in [0.5, 0.6) is 23.0 Å². The molecule has 0 atom stereocenters. The summed E-state index contributed by atoms with van der Waals surface area (Å²) in [6.07, 6.45) is -1.71. The fourth-order valence-electron chi connectivity index (χ4n) is 2.50. The predicted octanol–water partition coefficient (Wildman–Crippen LogP) is 4.49. The van der Waals surface area contributed by atoms with Gasteiger partial charge in [-0.25, -0.2) is 0 Å². The summed E-state index contributed by atoms with van der Waals surface area (Å²) in [4.78, 5) is 0. The van der Waals surface area contributed by atoms with Gasteiger partial charge in [0.2, 0.25) is 5.75 Å². The lowest BCUT2D eigenvalue weighted by Crippen LogP contribution is -2.18. The molecule has 2 aromatic rings. The highest BCUT2D eigenvalue weighted by atomic mass is 19.3. The Morgan fingerprint density at radius 1 is 0.800 bits per heavy atom. The van der Waals surface area contributed by atoms with E-state index in [-0.39, 0.29) is 5.75 Å². The molecule has 0 amide bonds. The standard InChI is InChI=1S/C19H22F2O4/c1-19(20,21)25-15-9-7-13(8-10-15)5-6-14-11-16(22-2)18(24-4)17(12-14)23-3/h7-12H,5-6H2,1-4H3. The summed E-state index contributed by atoms with van der Waals surface area (Å²) in [6, 6.07) is 10.4. The Morgan fingerprint density at radius 2 is 1.32 bits per heavy atom. The van der Waals surface area contributed by atoms with Crippen molar-refractivity contribution in [3.8, 4) is 23.0 Å². The molecule has 136 valence electrons. The number of ether oxygens (including phenoxy) is 4. The van der Waals surface area contributed by atoms with E-state index in [0.29, 0.717) is 24.2 Å². The Hall–Kier alpha value is -2.50. The van der Waals surface area contributed by atoms with Gasteiger partial charge in [0, 0.05) is 6.92 Å². The number of rotatable bonds is 8. The van der Waals surface area contributed by atoms with Crippen molar-refractivity contribution in [3.63, 3.8) is 0 Å². The van der Waals surface area contributed by atoms with E-state index in [0.717, 1.165) is 24.0 Å². The number of hydrogen-bond acceptors (Lipinski definition) is 4. The summed E-state index contributed by atoms with van der Waals surface area (Å²) in [5.41, 5.74) is 2.04. The molecule has 0 bridgehead atoms. The summed E-state index contributed by atoms with van der Waals surface area (Å²) < 4.78 is 46.2. The molecule has 0 aromatic heterocycles. The summed E-state index contributed by atoms with van der Waals surface area (Å²) in [5.74, 6) is 1.90. The largest absolute Gasteiger partial charge is 0.493 e. The Balaban J connectivity index is 2.08. The van der Waals surface area contributed by atoms with Crippen LogP contribution >= 0.6 is 0 Å². The number of halogens is 2. The second-order valence-electron chi connectivity index (χ2n) is 5.59. The summed E-state index contributed by atoms with van der Waals surface area (Å²) in [5, 5.41) is 0. The van der Waals surface area contributed by atoms with Gasteiger partial charge in [-0.15, -0.1) is 0 Å². The first-order valence-corrected chi connectivity index (χ1v) is 7.81. The molecule has 0 aliphatic rings. The second kappa shape index (κ2) is 8.05. The molecule has 0 spiro atoms. The first-order valence-electron chi connectivity index (χ1n) is 7.81. The first kappa shape index (κ1) is 18.8. The molecule has 2 rings (SSSR count). The van der Waals surface area contributed by atoms with Crippen molar-refractivity contribution < 1.29 is 27.7 Å². The van der Waals surface area contributed by atoms with E-state index in [4.69, 9.17) is 14.2 Å². The fourth-order valence-corrected chi connectivity index (χ4v) is 2.50. The van der Waals surface area contributed by atoms with Crippen LogP contribution in [0.2, 0.25) is 0 Å². The highest BCUT2D eigenvalue weighted by molar-refractivity contribution is 5.54. The minimum atomic E-state index is -3.18. The Kier molecular flexibility index (Phi) is 6.07. The third-order valence-corrected chi connectivity index (χ3v) is 3.65. The van der Waals surface area contributed by atoms with Crippen LogP contribution < -0.4 is 18.9 Å². The van der Waals surface area contributed by atoms with Crippen molar-refractivity contribution in [2.75, 3.05) is 21.3 Å². The van der Waals surface area contributed by atoms with Crippen molar-refractivity contribution in [1.29, 1.82) is 0 Å². The second-order valence-corrected chi connectivity index (χ2v) is 5.59. The number of methoxy groups -OCH3 is 3. The van der Waals surface area contributed by atoms with Gasteiger partial charge >= 0.3 is 6.11 Å². The monoisotopic (exact) mass is 352 g/mol. The van der Waals surface area contributed by atoms with Crippen molar-refractivity contribution >= 4 is 0 Å². The van der Waals surface area contributed by atoms with Crippen LogP contribution in [0.3, 0.4) is 0 Å². The number of benzene rings is 2. The highest BCUT2D eigenvalue weighted by Crippen LogP contribution is 2.38. The topological polar surface area (TPSA) is 36.9 Å². The molecular weight excluding hydrogens is 330 g/mol. The van der Waals surface area contributed by atoms with Crippen LogP contribution in [0.25, 0.3) is 0 Å². The van der Waals surface area contributed by atoms with E-state index in [9.17, 15) is 8.78 Å². The summed E-state index contributed by atoms with van der Waals surface area (Å²) >= 11 is 0. The predicted molar refractivity (Wildman–Crippen MR) is 91.2 cm³/mol. The van der Waals surface area contributed by atoms with Gasteiger partial charge in [0.05, 0.1) is 21.3 Å². The van der Waals surface area contributed by atoms with E-state index >= 15 is 0 Å².